The average molecular weight is 505 g/mol. The number of hydrogen-bond acceptors (Lipinski definition) is 7. The van der Waals surface area contributed by atoms with Crippen LogP contribution in [0, 0.1) is 5.92 Å². The van der Waals surface area contributed by atoms with Crippen LogP contribution < -0.4 is 4.90 Å². The Kier molecular flexibility index (Phi) is 9.51. The largest absolute Gasteiger partial charge is 0.378 e. The predicted octanol–water partition coefficient (Wildman–Crippen LogP) is 2.71. The Hall–Kier alpha value is -2.65. The molecule has 35 heavy (non-hydrogen) atoms. The fourth-order valence-corrected chi connectivity index (χ4v) is 4.48. The number of rotatable bonds is 7. The molecular formula is C25H37ClN6O3. The highest BCUT2D eigenvalue weighted by Crippen LogP contribution is 2.18. The Morgan fingerprint density at radius 1 is 1.00 bits per heavy atom. The molecule has 0 unspecified atom stereocenters. The van der Waals surface area contributed by atoms with E-state index in [1.807, 2.05) is 53.1 Å². The van der Waals surface area contributed by atoms with Crippen LogP contribution in [0.2, 0.25) is 0 Å². The smallest absolute Gasteiger partial charge is 0.253 e. The van der Waals surface area contributed by atoms with Crippen LogP contribution >= 0.6 is 12.4 Å². The molecule has 0 bridgehead atoms. The molecule has 2 aliphatic heterocycles. The van der Waals surface area contributed by atoms with E-state index in [9.17, 15) is 9.59 Å². The van der Waals surface area contributed by atoms with Gasteiger partial charge in [0.25, 0.3) is 5.91 Å². The Labute approximate surface area is 213 Å². The van der Waals surface area contributed by atoms with Crippen molar-refractivity contribution in [3.63, 3.8) is 0 Å². The summed E-state index contributed by atoms with van der Waals surface area (Å²) in [4.78, 5) is 37.8. The molecule has 1 aromatic carbocycles. The van der Waals surface area contributed by atoms with E-state index in [0.29, 0.717) is 50.1 Å². The van der Waals surface area contributed by atoms with Crippen molar-refractivity contribution in [2.75, 3.05) is 58.3 Å². The summed E-state index contributed by atoms with van der Waals surface area (Å²) in [6.07, 6.45) is 3.05. The first-order chi connectivity index (χ1) is 16.4. The molecule has 0 spiro atoms. The molecule has 2 saturated heterocycles. The summed E-state index contributed by atoms with van der Waals surface area (Å²) in [6, 6.07) is 7.72. The standard InChI is InChI=1S/C25H36N6O3.ClH/c1-19-10-12-30(13-11-19)24(32)9-8-23-26-22(27-34-23)18-29-14-16-31(17-15-29)25(33)20-4-6-21(7-5-20)28(2)3;/h4-7,19H,8-18H2,1-3H3;1H. The van der Waals surface area contributed by atoms with E-state index in [0.717, 1.165) is 50.3 Å². The monoisotopic (exact) mass is 504 g/mol. The van der Waals surface area contributed by atoms with Gasteiger partial charge in [-0.05, 0) is 43.0 Å². The van der Waals surface area contributed by atoms with Gasteiger partial charge in [0.15, 0.2) is 5.82 Å². The molecule has 2 aromatic rings. The van der Waals surface area contributed by atoms with Gasteiger partial charge in [0.2, 0.25) is 11.8 Å². The first-order valence-electron chi connectivity index (χ1n) is 12.3. The van der Waals surface area contributed by atoms with Gasteiger partial charge in [-0.3, -0.25) is 14.5 Å². The molecule has 0 atom stereocenters. The minimum atomic E-state index is 0. The van der Waals surface area contributed by atoms with E-state index >= 15 is 0 Å². The van der Waals surface area contributed by atoms with Crippen LogP contribution in [0.3, 0.4) is 0 Å². The number of benzene rings is 1. The van der Waals surface area contributed by atoms with Crippen LogP contribution in [0.25, 0.3) is 0 Å². The molecule has 3 heterocycles. The molecule has 2 aliphatic rings. The fourth-order valence-electron chi connectivity index (χ4n) is 4.48. The highest BCUT2D eigenvalue weighted by Gasteiger charge is 2.24. The van der Waals surface area contributed by atoms with Gasteiger partial charge in [-0.25, -0.2) is 0 Å². The van der Waals surface area contributed by atoms with Crippen molar-refractivity contribution in [1.82, 2.24) is 24.8 Å². The summed E-state index contributed by atoms with van der Waals surface area (Å²) in [6.45, 7) is 7.39. The van der Waals surface area contributed by atoms with E-state index in [2.05, 4.69) is 22.0 Å². The molecule has 10 heteroatoms. The van der Waals surface area contributed by atoms with Crippen molar-refractivity contribution in [1.29, 1.82) is 0 Å². The zero-order valence-electron chi connectivity index (χ0n) is 21.0. The normalized spacial score (nSPS) is 17.2. The summed E-state index contributed by atoms with van der Waals surface area (Å²) >= 11 is 0. The van der Waals surface area contributed by atoms with Gasteiger partial charge >= 0.3 is 0 Å². The van der Waals surface area contributed by atoms with E-state index in [4.69, 9.17) is 4.52 Å². The number of aromatic nitrogens is 2. The molecule has 192 valence electrons. The number of aryl methyl sites for hydroxylation is 1. The molecule has 0 radical (unpaired) electrons. The van der Waals surface area contributed by atoms with Crippen molar-refractivity contribution in [3.05, 3.63) is 41.5 Å². The maximum absolute atomic E-state index is 12.8. The van der Waals surface area contributed by atoms with Gasteiger partial charge in [-0.1, -0.05) is 12.1 Å². The second-order valence-electron chi connectivity index (χ2n) is 9.68. The number of hydrogen-bond donors (Lipinski definition) is 0. The third-order valence-electron chi connectivity index (χ3n) is 6.85. The molecule has 4 rings (SSSR count). The lowest BCUT2D eigenvalue weighted by atomic mass is 9.99. The van der Waals surface area contributed by atoms with Crippen LogP contribution in [0.1, 0.15) is 48.3 Å². The number of halogens is 1. The highest BCUT2D eigenvalue weighted by atomic mass is 35.5. The minimum absolute atomic E-state index is 0. The van der Waals surface area contributed by atoms with E-state index in [-0.39, 0.29) is 24.2 Å². The Morgan fingerprint density at radius 3 is 2.29 bits per heavy atom. The summed E-state index contributed by atoms with van der Waals surface area (Å²) in [5.74, 6) is 2.10. The lowest BCUT2D eigenvalue weighted by Crippen LogP contribution is -2.48. The molecule has 0 saturated carbocycles. The molecule has 0 N–H and O–H groups in total. The summed E-state index contributed by atoms with van der Waals surface area (Å²) < 4.78 is 5.38. The van der Waals surface area contributed by atoms with Crippen molar-refractivity contribution < 1.29 is 14.1 Å². The Morgan fingerprint density at radius 2 is 1.66 bits per heavy atom. The van der Waals surface area contributed by atoms with Gasteiger partial charge in [-0.2, -0.15) is 4.98 Å². The second-order valence-corrected chi connectivity index (χ2v) is 9.68. The first kappa shape index (κ1) is 26.9. The molecule has 2 amide bonds. The van der Waals surface area contributed by atoms with Crippen LogP contribution in [-0.4, -0.2) is 90.0 Å². The first-order valence-corrected chi connectivity index (χ1v) is 12.3. The topological polar surface area (TPSA) is 86.0 Å². The van der Waals surface area contributed by atoms with Crippen molar-refractivity contribution in [2.45, 2.75) is 39.2 Å². The van der Waals surface area contributed by atoms with Crippen LogP contribution in [0.5, 0.6) is 0 Å². The van der Waals surface area contributed by atoms with Crippen LogP contribution in [0.15, 0.2) is 28.8 Å². The highest BCUT2D eigenvalue weighted by molar-refractivity contribution is 5.94. The van der Waals surface area contributed by atoms with Crippen molar-refractivity contribution in [2.24, 2.45) is 5.92 Å². The number of carbonyl (C=O) groups excluding carboxylic acids is 2. The van der Waals surface area contributed by atoms with Crippen LogP contribution in [0.4, 0.5) is 5.69 Å². The van der Waals surface area contributed by atoms with Crippen molar-refractivity contribution >= 4 is 29.9 Å². The lowest BCUT2D eigenvalue weighted by Gasteiger charge is -2.34. The fraction of sp³-hybridized carbons (Fsp3) is 0.600. The third-order valence-corrected chi connectivity index (χ3v) is 6.85. The maximum atomic E-state index is 12.8. The quantitative estimate of drug-likeness (QED) is 0.573. The number of anilines is 1. The van der Waals surface area contributed by atoms with E-state index < -0.39 is 0 Å². The predicted molar refractivity (Wildman–Crippen MR) is 137 cm³/mol. The minimum Gasteiger partial charge on any atom is -0.378 e. The molecule has 0 aliphatic carbocycles. The van der Waals surface area contributed by atoms with Gasteiger partial charge in [0.1, 0.15) is 0 Å². The SMILES string of the molecule is CC1CCN(C(=O)CCc2nc(CN3CCN(C(=O)c4ccc(N(C)C)cc4)CC3)no2)CC1.Cl. The van der Waals surface area contributed by atoms with Crippen LogP contribution in [-0.2, 0) is 17.8 Å². The molecule has 2 fully saturated rings. The summed E-state index contributed by atoms with van der Waals surface area (Å²) in [5.41, 5.74) is 1.79. The number of amides is 2. The number of carbonyl (C=O) groups is 2. The molecule has 9 nitrogen and oxygen atoms in total. The van der Waals surface area contributed by atoms with Gasteiger partial charge in [-0.15, -0.1) is 12.4 Å². The zero-order chi connectivity index (χ0) is 24.1. The lowest BCUT2D eigenvalue weighted by molar-refractivity contribution is -0.132. The van der Waals surface area contributed by atoms with Gasteiger partial charge < -0.3 is 19.2 Å². The molecule has 1 aromatic heterocycles. The summed E-state index contributed by atoms with van der Waals surface area (Å²) in [5, 5.41) is 4.10. The van der Waals surface area contributed by atoms with E-state index in [1.165, 1.54) is 0 Å². The Bertz CT molecular complexity index is 964. The van der Waals surface area contributed by atoms with E-state index in [1.54, 1.807) is 0 Å². The van der Waals surface area contributed by atoms with Crippen molar-refractivity contribution in [3.8, 4) is 0 Å². The Balaban J connectivity index is 0.00000342. The number of piperazine rings is 1. The number of nitrogens with zero attached hydrogens (tertiary/aromatic N) is 6. The third kappa shape index (κ3) is 7.18. The van der Waals surface area contributed by atoms with Gasteiger partial charge in [0.05, 0.1) is 6.54 Å². The number of likely N-dealkylation sites (tertiary alicyclic amines) is 1. The summed E-state index contributed by atoms with van der Waals surface area (Å²) in [7, 11) is 3.97. The molecular weight excluding hydrogens is 468 g/mol. The second kappa shape index (κ2) is 12.4. The zero-order valence-corrected chi connectivity index (χ0v) is 21.8. The average Bonchev–Trinajstić information content (AvgIpc) is 3.30. The number of piperidine rings is 1. The van der Waals surface area contributed by atoms with Gasteiger partial charge in [0, 0.05) is 77.5 Å². The maximum Gasteiger partial charge on any atom is 0.253 e.